The minimum Gasteiger partial charge on any atom is -0.463 e. The van der Waals surface area contributed by atoms with Crippen molar-refractivity contribution >= 4 is 40.4 Å². The molecule has 0 saturated heterocycles. The van der Waals surface area contributed by atoms with Crippen LogP contribution in [0.5, 0.6) is 0 Å². The third kappa shape index (κ3) is 4.48. The van der Waals surface area contributed by atoms with Gasteiger partial charge in [0.1, 0.15) is 5.76 Å². The summed E-state index contributed by atoms with van der Waals surface area (Å²) in [5, 5.41) is 12.8. The molecule has 0 radical (unpaired) electrons. The Kier molecular flexibility index (Phi) is 5.12. The summed E-state index contributed by atoms with van der Waals surface area (Å²) in [6.07, 6.45) is 2.83. The summed E-state index contributed by atoms with van der Waals surface area (Å²) in [7, 11) is 0. The van der Waals surface area contributed by atoms with Gasteiger partial charge in [-0.05, 0) is 24.3 Å². The molecule has 1 aromatic carbocycles. The number of nitrogens with zero attached hydrogens (tertiary/aromatic N) is 3. The van der Waals surface area contributed by atoms with Crippen LogP contribution in [0.3, 0.4) is 0 Å². The molecule has 25 heavy (non-hydrogen) atoms. The van der Waals surface area contributed by atoms with Crippen molar-refractivity contribution in [3.8, 4) is 0 Å². The number of furan rings is 1. The van der Waals surface area contributed by atoms with Crippen LogP contribution in [0.25, 0.3) is 0 Å². The van der Waals surface area contributed by atoms with Crippen molar-refractivity contribution in [3.63, 3.8) is 0 Å². The van der Waals surface area contributed by atoms with E-state index in [1.165, 1.54) is 12.5 Å². The average Bonchev–Trinajstić information content (AvgIpc) is 3.27. The van der Waals surface area contributed by atoms with Crippen LogP contribution in [0.2, 0.25) is 0 Å². The summed E-state index contributed by atoms with van der Waals surface area (Å²) in [6.45, 7) is 0. The molecule has 3 aromatic rings. The lowest BCUT2D eigenvalue weighted by atomic mass is 10.3. The highest BCUT2D eigenvalue weighted by molar-refractivity contribution is 7.10. The number of carbonyl (C=O) groups excluding carboxylic acids is 2. The van der Waals surface area contributed by atoms with Crippen LogP contribution in [-0.4, -0.2) is 27.7 Å². The van der Waals surface area contributed by atoms with Gasteiger partial charge in [-0.15, -0.1) is 5.10 Å². The molecule has 0 aliphatic rings. The fraction of sp³-hybridized carbons (Fsp3) is 0. The second-order valence-electron chi connectivity index (χ2n) is 4.61. The first-order chi connectivity index (χ1) is 12.2. The minimum atomic E-state index is -0.605. The Balaban J connectivity index is 1.59. The number of hydrazone groups is 1. The molecular formula is C15H12N6O3S. The summed E-state index contributed by atoms with van der Waals surface area (Å²) in [4.78, 5) is 24.1. The third-order valence-electron chi connectivity index (χ3n) is 2.86. The minimum absolute atomic E-state index is 0.0372. The fourth-order valence-corrected chi connectivity index (χ4v) is 2.34. The number of urea groups is 1. The molecule has 2 heterocycles. The fourth-order valence-electron chi connectivity index (χ4n) is 1.78. The van der Waals surface area contributed by atoms with Crippen LogP contribution in [0, 0.1) is 0 Å². The number of nitrogens with one attached hydrogen (secondary N) is 3. The lowest BCUT2D eigenvalue weighted by Crippen LogP contribution is -2.23. The van der Waals surface area contributed by atoms with Crippen LogP contribution < -0.4 is 16.1 Å². The number of carbonyl (C=O) groups is 2. The van der Waals surface area contributed by atoms with Crippen molar-refractivity contribution in [1.82, 2.24) is 15.0 Å². The molecule has 2 aromatic heterocycles. The van der Waals surface area contributed by atoms with Crippen LogP contribution in [0.1, 0.15) is 16.2 Å². The molecule has 10 heteroatoms. The largest absolute Gasteiger partial charge is 0.463 e. The number of hydrogen-bond donors (Lipinski definition) is 3. The predicted molar refractivity (Wildman–Crippen MR) is 92.8 cm³/mol. The lowest BCUT2D eigenvalue weighted by Gasteiger charge is -2.06. The summed E-state index contributed by atoms with van der Waals surface area (Å²) in [5.41, 5.74) is 2.87. The second-order valence-corrected chi connectivity index (χ2v) is 5.36. The van der Waals surface area contributed by atoms with E-state index >= 15 is 0 Å². The average molecular weight is 356 g/mol. The van der Waals surface area contributed by atoms with Gasteiger partial charge in [-0.2, -0.15) is 5.10 Å². The highest BCUT2D eigenvalue weighted by atomic mass is 32.1. The van der Waals surface area contributed by atoms with Crippen LogP contribution in [-0.2, 0) is 0 Å². The zero-order chi connectivity index (χ0) is 17.5. The van der Waals surface area contributed by atoms with Crippen LogP contribution >= 0.6 is 11.5 Å². The number of amides is 3. The summed E-state index contributed by atoms with van der Waals surface area (Å²) >= 11 is 0.884. The molecule has 0 aliphatic heterocycles. The highest BCUT2D eigenvalue weighted by Crippen LogP contribution is 2.18. The normalized spacial score (nSPS) is 10.6. The monoisotopic (exact) mass is 356 g/mol. The highest BCUT2D eigenvalue weighted by Gasteiger charge is 2.18. The number of aromatic nitrogens is 2. The second kappa shape index (κ2) is 7.84. The van der Waals surface area contributed by atoms with Gasteiger partial charge in [0, 0.05) is 17.2 Å². The Hall–Kier alpha value is -3.53. The van der Waals surface area contributed by atoms with Crippen molar-refractivity contribution in [3.05, 3.63) is 60.2 Å². The summed E-state index contributed by atoms with van der Waals surface area (Å²) in [5.74, 6) is -0.121. The van der Waals surface area contributed by atoms with Crippen molar-refractivity contribution in [2.24, 2.45) is 5.10 Å². The molecule has 0 atom stereocenters. The van der Waals surface area contributed by atoms with E-state index in [9.17, 15) is 9.59 Å². The standard InChI is InChI=1S/C15H12N6O3S/c22-13(20-16-9-11-7-4-8-24-11)12-14(25-21-19-12)18-15(23)17-10-5-2-1-3-6-10/h1-9H,(H,20,22)(H2,17,18,23)/b16-9-. The summed E-state index contributed by atoms with van der Waals surface area (Å²) in [6, 6.07) is 11.8. The Morgan fingerprint density at radius 2 is 1.96 bits per heavy atom. The molecular weight excluding hydrogens is 344 g/mol. The maximum atomic E-state index is 12.1. The van der Waals surface area contributed by atoms with Gasteiger partial charge in [-0.25, -0.2) is 10.2 Å². The maximum Gasteiger partial charge on any atom is 0.324 e. The lowest BCUT2D eigenvalue weighted by molar-refractivity contribution is 0.0951. The van der Waals surface area contributed by atoms with Crippen molar-refractivity contribution in [2.45, 2.75) is 0 Å². The van der Waals surface area contributed by atoms with Crippen LogP contribution in [0.4, 0.5) is 15.5 Å². The predicted octanol–water partition coefficient (Wildman–Crippen LogP) is 2.54. The molecule has 0 fully saturated rings. The molecule has 3 rings (SSSR count). The molecule has 0 spiro atoms. The van der Waals surface area contributed by atoms with Gasteiger partial charge in [0.2, 0.25) is 0 Å². The van der Waals surface area contributed by atoms with Gasteiger partial charge in [-0.3, -0.25) is 10.1 Å². The molecule has 0 unspecified atom stereocenters. The SMILES string of the molecule is O=C(Nc1ccccc1)Nc1snnc1C(=O)N/N=C\c1ccco1. The van der Waals surface area contributed by atoms with E-state index in [2.05, 4.69) is 30.7 Å². The smallest absolute Gasteiger partial charge is 0.324 e. The maximum absolute atomic E-state index is 12.1. The molecule has 9 nitrogen and oxygen atoms in total. The number of para-hydroxylation sites is 1. The first kappa shape index (κ1) is 16.3. The number of anilines is 2. The topological polar surface area (TPSA) is 122 Å². The van der Waals surface area contributed by atoms with Gasteiger partial charge in [0.05, 0.1) is 12.5 Å². The first-order valence-electron chi connectivity index (χ1n) is 7.04. The Morgan fingerprint density at radius 3 is 2.72 bits per heavy atom. The Morgan fingerprint density at radius 1 is 1.12 bits per heavy atom. The molecule has 0 saturated carbocycles. The van der Waals surface area contributed by atoms with E-state index in [0.29, 0.717) is 11.4 Å². The number of hydrogen-bond acceptors (Lipinski definition) is 7. The summed E-state index contributed by atoms with van der Waals surface area (Å²) < 4.78 is 8.73. The van der Waals surface area contributed by atoms with Crippen molar-refractivity contribution < 1.29 is 14.0 Å². The molecule has 0 aliphatic carbocycles. The van der Waals surface area contributed by atoms with E-state index in [1.807, 2.05) is 6.07 Å². The van der Waals surface area contributed by atoms with E-state index < -0.39 is 11.9 Å². The van der Waals surface area contributed by atoms with Gasteiger partial charge in [0.25, 0.3) is 5.91 Å². The zero-order valence-corrected chi connectivity index (χ0v) is 13.5. The zero-order valence-electron chi connectivity index (χ0n) is 12.7. The molecule has 0 bridgehead atoms. The number of benzene rings is 1. The van der Waals surface area contributed by atoms with E-state index in [0.717, 1.165) is 11.5 Å². The Bertz CT molecular complexity index is 876. The first-order valence-corrected chi connectivity index (χ1v) is 7.82. The van der Waals surface area contributed by atoms with Gasteiger partial charge in [-0.1, -0.05) is 22.7 Å². The van der Waals surface area contributed by atoms with E-state index in [1.54, 1.807) is 36.4 Å². The van der Waals surface area contributed by atoms with E-state index in [4.69, 9.17) is 4.42 Å². The van der Waals surface area contributed by atoms with Gasteiger partial charge in [0.15, 0.2) is 10.7 Å². The van der Waals surface area contributed by atoms with Crippen molar-refractivity contribution in [2.75, 3.05) is 10.6 Å². The van der Waals surface area contributed by atoms with E-state index in [-0.39, 0.29) is 10.7 Å². The van der Waals surface area contributed by atoms with Gasteiger partial charge < -0.3 is 9.73 Å². The third-order valence-corrected chi connectivity index (χ3v) is 3.50. The Labute approximate surface area is 145 Å². The van der Waals surface area contributed by atoms with Crippen molar-refractivity contribution in [1.29, 1.82) is 0 Å². The van der Waals surface area contributed by atoms with Crippen LogP contribution in [0.15, 0.2) is 58.2 Å². The van der Waals surface area contributed by atoms with Gasteiger partial charge >= 0.3 is 6.03 Å². The number of rotatable bonds is 5. The molecule has 3 N–H and O–H groups in total. The molecule has 3 amide bonds. The quantitative estimate of drug-likeness (QED) is 0.479. The molecule has 126 valence electrons.